The van der Waals surface area contributed by atoms with Crippen molar-refractivity contribution in [3.63, 3.8) is 0 Å². The number of aromatic nitrogens is 1. The average molecular weight is 411 g/mol. The topological polar surface area (TPSA) is 107 Å². The Morgan fingerprint density at radius 3 is 2.32 bits per heavy atom. The maximum absolute atomic E-state index is 11.9. The molecule has 2 N–H and O–H groups in total. The van der Waals surface area contributed by atoms with E-state index in [9.17, 15) is 14.7 Å². The highest BCUT2D eigenvalue weighted by atomic mass is 35.5. The molecule has 0 saturated carbocycles. The summed E-state index contributed by atoms with van der Waals surface area (Å²) in [6.45, 7) is 5.07. The van der Waals surface area contributed by atoms with Crippen LogP contribution in [-0.4, -0.2) is 48.0 Å². The maximum Gasteiger partial charge on any atom is 0.408 e. The monoisotopic (exact) mass is 410 g/mol. The molecule has 1 aromatic carbocycles. The van der Waals surface area contributed by atoms with Crippen LogP contribution in [0.5, 0.6) is 11.5 Å². The van der Waals surface area contributed by atoms with Crippen molar-refractivity contribution >= 4 is 34.6 Å². The molecule has 0 bridgehead atoms. The van der Waals surface area contributed by atoms with Gasteiger partial charge >= 0.3 is 12.1 Å². The fourth-order valence-electron chi connectivity index (χ4n) is 2.53. The van der Waals surface area contributed by atoms with Gasteiger partial charge in [0.1, 0.15) is 16.8 Å². The first-order valence-electron chi connectivity index (χ1n) is 8.47. The molecule has 0 aliphatic carbocycles. The lowest BCUT2D eigenvalue weighted by Gasteiger charge is -2.22. The van der Waals surface area contributed by atoms with Crippen LogP contribution in [-0.2, 0) is 16.0 Å². The van der Waals surface area contributed by atoms with Crippen molar-refractivity contribution in [2.75, 3.05) is 14.2 Å². The molecule has 1 amide bonds. The van der Waals surface area contributed by atoms with E-state index in [0.717, 1.165) is 0 Å². The Morgan fingerprint density at radius 2 is 1.79 bits per heavy atom. The molecular weight excluding hydrogens is 388 g/mol. The Balaban J connectivity index is 2.32. The van der Waals surface area contributed by atoms with Crippen LogP contribution in [0.15, 0.2) is 18.2 Å². The van der Waals surface area contributed by atoms with Crippen LogP contribution < -0.4 is 14.8 Å². The lowest BCUT2D eigenvalue weighted by Crippen LogP contribution is -2.44. The van der Waals surface area contributed by atoms with E-state index in [4.69, 9.17) is 25.8 Å². The van der Waals surface area contributed by atoms with E-state index < -0.39 is 23.7 Å². The zero-order valence-corrected chi connectivity index (χ0v) is 17.1. The number of fused-ring (bicyclic) bond motifs is 1. The van der Waals surface area contributed by atoms with E-state index in [1.807, 2.05) is 0 Å². The number of carboxylic acids is 1. The largest absolute Gasteiger partial charge is 0.493 e. The molecule has 152 valence electrons. The van der Waals surface area contributed by atoms with Gasteiger partial charge in [-0.25, -0.2) is 14.6 Å². The van der Waals surface area contributed by atoms with Gasteiger partial charge in [-0.2, -0.15) is 0 Å². The van der Waals surface area contributed by atoms with E-state index in [1.54, 1.807) is 39.0 Å². The maximum atomic E-state index is 11.9. The third-order valence-corrected chi connectivity index (χ3v) is 4.09. The number of nitrogens with zero attached hydrogens (tertiary/aromatic N) is 1. The van der Waals surface area contributed by atoms with Crippen molar-refractivity contribution < 1.29 is 28.9 Å². The van der Waals surface area contributed by atoms with Gasteiger partial charge in [0.25, 0.3) is 0 Å². The number of methoxy groups -OCH3 is 2. The molecule has 1 unspecified atom stereocenters. The normalized spacial score (nSPS) is 12.4. The number of carboxylic acid groups (broad SMARTS) is 1. The Bertz CT molecular complexity index is 894. The molecule has 0 fully saturated rings. The summed E-state index contributed by atoms with van der Waals surface area (Å²) >= 11 is 6.24. The highest BCUT2D eigenvalue weighted by Crippen LogP contribution is 2.33. The summed E-state index contributed by atoms with van der Waals surface area (Å²) in [7, 11) is 3.03. The first-order chi connectivity index (χ1) is 13.0. The van der Waals surface area contributed by atoms with Crippen LogP contribution in [0.1, 0.15) is 26.3 Å². The Hall–Kier alpha value is -2.74. The number of halogens is 1. The fraction of sp³-hybridized carbons (Fsp3) is 0.421. The van der Waals surface area contributed by atoms with Gasteiger partial charge in [0.05, 0.1) is 19.7 Å². The number of pyridine rings is 1. The zero-order valence-electron chi connectivity index (χ0n) is 16.3. The minimum Gasteiger partial charge on any atom is -0.493 e. The molecule has 0 spiro atoms. The second-order valence-electron chi connectivity index (χ2n) is 7.08. The lowest BCUT2D eigenvalue weighted by atomic mass is 10.1. The molecule has 28 heavy (non-hydrogen) atoms. The number of carbonyl (C=O) groups excluding carboxylic acids is 1. The quantitative estimate of drug-likeness (QED) is 0.702. The second-order valence-corrected chi connectivity index (χ2v) is 7.44. The van der Waals surface area contributed by atoms with E-state index in [1.165, 1.54) is 14.2 Å². The van der Waals surface area contributed by atoms with Crippen LogP contribution in [0.25, 0.3) is 10.9 Å². The third kappa shape index (κ3) is 5.39. The summed E-state index contributed by atoms with van der Waals surface area (Å²) in [6.07, 6.45) is -0.888. The minimum absolute atomic E-state index is 0.0648. The molecule has 9 heteroatoms. The minimum atomic E-state index is -1.23. The van der Waals surface area contributed by atoms with Crippen LogP contribution in [0, 0.1) is 0 Å². The van der Waals surface area contributed by atoms with Gasteiger partial charge in [-0.1, -0.05) is 11.6 Å². The van der Waals surface area contributed by atoms with Crippen molar-refractivity contribution in [2.24, 2.45) is 0 Å². The zero-order chi connectivity index (χ0) is 21.1. The molecule has 0 aliphatic rings. The van der Waals surface area contributed by atoms with Gasteiger partial charge in [0, 0.05) is 17.9 Å². The molecule has 0 saturated heterocycles. The molecule has 8 nitrogen and oxygen atoms in total. The fourth-order valence-corrected chi connectivity index (χ4v) is 2.76. The van der Waals surface area contributed by atoms with E-state index >= 15 is 0 Å². The standard InChI is InChI=1S/C19H23ClN2O6/c1-19(2,3)28-18(25)22-13(17(23)24)7-11-6-10-8-14(26-4)15(27-5)9-12(10)21-16(11)20/h6,8-9,13H,7H2,1-5H3,(H,22,25)(H,23,24). The summed E-state index contributed by atoms with van der Waals surface area (Å²) in [4.78, 5) is 27.8. The highest BCUT2D eigenvalue weighted by molar-refractivity contribution is 6.30. The highest BCUT2D eigenvalue weighted by Gasteiger charge is 2.25. The molecule has 1 atom stereocenters. The molecular formula is C19H23ClN2O6. The van der Waals surface area contributed by atoms with Gasteiger partial charge in [0.15, 0.2) is 11.5 Å². The summed E-state index contributed by atoms with van der Waals surface area (Å²) in [5.41, 5.74) is 0.286. The van der Waals surface area contributed by atoms with Crippen LogP contribution >= 0.6 is 11.6 Å². The SMILES string of the molecule is COc1cc2cc(CC(NC(=O)OC(C)(C)C)C(=O)O)c(Cl)nc2cc1OC. The molecule has 0 aliphatic heterocycles. The number of nitrogens with one attached hydrogen (secondary N) is 1. The van der Waals surface area contributed by atoms with Gasteiger partial charge in [0.2, 0.25) is 0 Å². The second kappa shape index (κ2) is 8.52. The van der Waals surface area contributed by atoms with Gasteiger partial charge in [-0.15, -0.1) is 0 Å². The van der Waals surface area contributed by atoms with Crippen molar-refractivity contribution in [1.29, 1.82) is 0 Å². The van der Waals surface area contributed by atoms with Crippen molar-refractivity contribution in [1.82, 2.24) is 10.3 Å². The first kappa shape index (κ1) is 21.6. The smallest absolute Gasteiger partial charge is 0.408 e. The number of carbonyl (C=O) groups is 2. The number of aliphatic carboxylic acids is 1. The Morgan fingerprint density at radius 1 is 1.18 bits per heavy atom. The predicted molar refractivity (Wildman–Crippen MR) is 104 cm³/mol. The molecule has 2 rings (SSSR count). The van der Waals surface area contributed by atoms with Crippen LogP contribution in [0.3, 0.4) is 0 Å². The summed E-state index contributed by atoms with van der Waals surface area (Å²) in [5, 5.41) is 12.6. The number of hydrogen-bond acceptors (Lipinski definition) is 6. The number of rotatable bonds is 6. The number of hydrogen-bond donors (Lipinski definition) is 2. The predicted octanol–water partition coefficient (Wildman–Crippen LogP) is 3.43. The summed E-state index contributed by atoms with van der Waals surface area (Å²) in [6, 6.07) is 3.88. The first-order valence-corrected chi connectivity index (χ1v) is 8.85. The van der Waals surface area contributed by atoms with Crippen LogP contribution in [0.2, 0.25) is 5.15 Å². The Labute approximate surface area is 167 Å². The number of ether oxygens (including phenoxy) is 3. The van der Waals surface area contributed by atoms with Gasteiger partial charge in [-0.3, -0.25) is 0 Å². The van der Waals surface area contributed by atoms with E-state index in [2.05, 4.69) is 10.3 Å². The number of alkyl carbamates (subject to hydrolysis) is 1. The molecule has 0 radical (unpaired) electrons. The van der Waals surface area contributed by atoms with Gasteiger partial charge < -0.3 is 24.6 Å². The van der Waals surface area contributed by atoms with E-state index in [0.29, 0.717) is 28.0 Å². The number of benzene rings is 1. The Kier molecular flexibility index (Phi) is 6.56. The third-order valence-electron chi connectivity index (χ3n) is 3.76. The van der Waals surface area contributed by atoms with Crippen molar-refractivity contribution in [3.05, 3.63) is 28.9 Å². The van der Waals surface area contributed by atoms with Crippen molar-refractivity contribution in [3.8, 4) is 11.5 Å². The van der Waals surface area contributed by atoms with Crippen molar-refractivity contribution in [2.45, 2.75) is 38.8 Å². The average Bonchev–Trinajstić information content (AvgIpc) is 2.58. The lowest BCUT2D eigenvalue weighted by molar-refractivity contribution is -0.139. The number of amides is 1. The summed E-state index contributed by atoms with van der Waals surface area (Å²) in [5.74, 6) is -0.206. The molecule has 1 heterocycles. The van der Waals surface area contributed by atoms with Crippen LogP contribution in [0.4, 0.5) is 4.79 Å². The van der Waals surface area contributed by atoms with Gasteiger partial charge in [-0.05, 0) is 38.5 Å². The van der Waals surface area contributed by atoms with E-state index in [-0.39, 0.29) is 11.6 Å². The molecule has 1 aromatic heterocycles. The summed E-state index contributed by atoms with van der Waals surface area (Å²) < 4.78 is 15.6. The molecule has 2 aromatic rings.